The van der Waals surface area contributed by atoms with E-state index < -0.39 is 11.6 Å². The second kappa shape index (κ2) is 7.05. The average Bonchev–Trinajstić information content (AvgIpc) is 3.35. The van der Waals surface area contributed by atoms with Gasteiger partial charge in [-0.15, -0.1) is 0 Å². The van der Waals surface area contributed by atoms with Crippen LogP contribution >= 0.6 is 11.9 Å². The molecule has 8 heteroatoms. The highest BCUT2D eigenvalue weighted by atomic mass is 32.2. The number of aromatic nitrogens is 2. The molecule has 2 aromatic rings. The van der Waals surface area contributed by atoms with Crippen LogP contribution in [-0.2, 0) is 0 Å². The van der Waals surface area contributed by atoms with Gasteiger partial charge in [0.25, 0.3) is 0 Å². The molecule has 0 bridgehead atoms. The van der Waals surface area contributed by atoms with Crippen LogP contribution in [0, 0.1) is 11.6 Å². The van der Waals surface area contributed by atoms with Gasteiger partial charge in [0.15, 0.2) is 11.6 Å². The molecule has 1 aromatic carbocycles. The lowest BCUT2D eigenvalue weighted by molar-refractivity contribution is 0.510. The quantitative estimate of drug-likeness (QED) is 0.541. The second-order valence-electron chi connectivity index (χ2n) is 6.10. The number of benzene rings is 1. The van der Waals surface area contributed by atoms with Gasteiger partial charge in [-0.2, -0.15) is 0 Å². The predicted octanol–water partition coefficient (Wildman–Crippen LogP) is 3.05. The van der Waals surface area contributed by atoms with Gasteiger partial charge in [-0.25, -0.2) is 13.8 Å². The number of nitrogens with two attached hydrogens (primary N) is 2. The summed E-state index contributed by atoms with van der Waals surface area (Å²) < 4.78 is 32.4. The third-order valence-electron chi connectivity index (χ3n) is 4.20. The van der Waals surface area contributed by atoms with Crippen LogP contribution in [0.25, 0.3) is 16.6 Å². The topological polar surface area (TPSA) is 81.9 Å². The Hall–Kier alpha value is -2.06. The third kappa shape index (κ3) is 3.50. The van der Waals surface area contributed by atoms with Crippen molar-refractivity contribution < 1.29 is 8.78 Å². The molecule has 0 aliphatic heterocycles. The molecule has 0 spiro atoms. The maximum Gasteiger partial charge on any atom is 0.161 e. The fraction of sp³-hybridized carbons (Fsp3) is 0.353. The Morgan fingerprint density at radius 3 is 2.68 bits per heavy atom. The molecule has 0 amide bonds. The lowest BCUT2D eigenvalue weighted by atomic mass is 10.1. The molecule has 1 aliphatic carbocycles. The monoisotopic (exact) mass is 365 g/mol. The van der Waals surface area contributed by atoms with E-state index in [-0.39, 0.29) is 12.1 Å². The van der Waals surface area contributed by atoms with Crippen molar-refractivity contribution in [1.82, 2.24) is 14.3 Å². The molecule has 1 aromatic heterocycles. The van der Waals surface area contributed by atoms with E-state index in [4.69, 9.17) is 11.5 Å². The molecule has 5 nitrogen and oxygen atoms in total. The van der Waals surface area contributed by atoms with Crippen LogP contribution in [-0.4, -0.2) is 21.8 Å². The van der Waals surface area contributed by atoms with E-state index >= 15 is 0 Å². The van der Waals surface area contributed by atoms with Gasteiger partial charge >= 0.3 is 0 Å². The third-order valence-corrected chi connectivity index (χ3v) is 4.79. The molecule has 3 rings (SSSR count). The van der Waals surface area contributed by atoms with E-state index in [0.29, 0.717) is 28.1 Å². The van der Waals surface area contributed by atoms with Gasteiger partial charge in [0, 0.05) is 35.6 Å². The minimum atomic E-state index is -0.911. The van der Waals surface area contributed by atoms with Gasteiger partial charge in [-0.1, -0.05) is 11.9 Å². The van der Waals surface area contributed by atoms with Crippen LogP contribution in [0.15, 0.2) is 30.1 Å². The second-order valence-corrected chi connectivity index (χ2v) is 6.75. The van der Waals surface area contributed by atoms with Gasteiger partial charge in [-0.3, -0.25) is 4.72 Å². The molecule has 134 valence electrons. The Morgan fingerprint density at radius 1 is 1.40 bits per heavy atom. The Morgan fingerprint density at radius 2 is 2.08 bits per heavy atom. The van der Waals surface area contributed by atoms with Gasteiger partial charge in [-0.05, 0) is 32.1 Å². The summed E-state index contributed by atoms with van der Waals surface area (Å²) in [7, 11) is 0. The van der Waals surface area contributed by atoms with Crippen LogP contribution in [0.2, 0.25) is 0 Å². The standard InChI is InChI=1S/C17H21F2N5S/c1-9(23-25-2)14(21)5-10(8-20)17-22-15-6-12(18)13(19)7-16(15)24(17)11-3-4-11/h5-9,11,23H,3-4,20-21H2,1-2H3/b10-8+,14-5-. The van der Waals surface area contributed by atoms with Crippen molar-refractivity contribution in [2.24, 2.45) is 11.5 Å². The molecule has 25 heavy (non-hydrogen) atoms. The first kappa shape index (κ1) is 17.8. The van der Waals surface area contributed by atoms with E-state index in [1.807, 2.05) is 17.7 Å². The first-order valence-corrected chi connectivity index (χ1v) is 9.23. The predicted molar refractivity (Wildman–Crippen MR) is 98.5 cm³/mol. The molecule has 1 atom stereocenters. The lowest BCUT2D eigenvalue weighted by Crippen LogP contribution is -2.26. The van der Waals surface area contributed by atoms with Crippen molar-refractivity contribution in [1.29, 1.82) is 0 Å². The Balaban J connectivity index is 2.10. The normalized spacial score (nSPS) is 17.3. The number of rotatable bonds is 6. The van der Waals surface area contributed by atoms with Crippen LogP contribution in [0.4, 0.5) is 8.78 Å². The fourth-order valence-corrected chi connectivity index (χ4v) is 3.22. The minimum absolute atomic E-state index is 0.0569. The van der Waals surface area contributed by atoms with Crippen molar-refractivity contribution in [3.8, 4) is 0 Å². The van der Waals surface area contributed by atoms with E-state index in [2.05, 4.69) is 9.71 Å². The molecular formula is C17H21F2N5S. The first-order valence-electron chi connectivity index (χ1n) is 8.01. The summed E-state index contributed by atoms with van der Waals surface area (Å²) in [5.41, 5.74) is 14.1. The van der Waals surface area contributed by atoms with Crippen LogP contribution < -0.4 is 16.2 Å². The van der Waals surface area contributed by atoms with Gasteiger partial charge in [0.05, 0.1) is 17.1 Å². The zero-order valence-corrected chi connectivity index (χ0v) is 14.9. The number of fused-ring (bicyclic) bond motifs is 1. The molecule has 0 saturated heterocycles. The number of allylic oxidation sites excluding steroid dienone is 2. The summed E-state index contributed by atoms with van der Waals surface area (Å²) in [5, 5.41) is 0. The first-order chi connectivity index (χ1) is 12.0. The minimum Gasteiger partial charge on any atom is -0.404 e. The Labute approximate surface area is 149 Å². The highest BCUT2D eigenvalue weighted by molar-refractivity contribution is 7.96. The van der Waals surface area contributed by atoms with E-state index in [0.717, 1.165) is 18.9 Å². The molecule has 1 aliphatic rings. The van der Waals surface area contributed by atoms with Crippen molar-refractivity contribution in [2.45, 2.75) is 31.8 Å². The lowest BCUT2D eigenvalue weighted by Gasteiger charge is -2.13. The molecule has 1 fully saturated rings. The number of hydrogen-bond donors (Lipinski definition) is 3. The largest absolute Gasteiger partial charge is 0.404 e. The molecule has 1 unspecified atom stereocenters. The zero-order chi connectivity index (χ0) is 18.1. The van der Waals surface area contributed by atoms with E-state index in [1.54, 1.807) is 6.08 Å². The van der Waals surface area contributed by atoms with Crippen LogP contribution in [0.1, 0.15) is 31.6 Å². The number of nitrogens with one attached hydrogen (secondary N) is 1. The summed E-state index contributed by atoms with van der Waals surface area (Å²) in [6.07, 6.45) is 7.03. The SMILES string of the molecule is CSNC(C)/C(N)=C/C(=C\N)c1nc2cc(F)c(F)cc2n1C1CC1. The summed E-state index contributed by atoms with van der Waals surface area (Å²) in [6.45, 7) is 1.94. The van der Waals surface area contributed by atoms with Crippen LogP contribution in [0.5, 0.6) is 0 Å². The molecule has 1 heterocycles. The maximum absolute atomic E-state index is 13.7. The Kier molecular flexibility index (Phi) is 5.01. The highest BCUT2D eigenvalue weighted by Gasteiger charge is 2.29. The van der Waals surface area contributed by atoms with Crippen molar-refractivity contribution in [3.63, 3.8) is 0 Å². The molecule has 1 saturated carbocycles. The average molecular weight is 365 g/mol. The number of hydrogen-bond acceptors (Lipinski definition) is 5. The van der Waals surface area contributed by atoms with Crippen molar-refractivity contribution in [2.75, 3.05) is 6.26 Å². The maximum atomic E-state index is 13.7. The number of imidazole rings is 1. The fourth-order valence-electron chi connectivity index (χ4n) is 2.73. The molecule has 5 N–H and O–H groups in total. The summed E-state index contributed by atoms with van der Waals surface area (Å²) >= 11 is 1.47. The molecular weight excluding hydrogens is 344 g/mol. The smallest absolute Gasteiger partial charge is 0.161 e. The van der Waals surface area contributed by atoms with Crippen LogP contribution in [0.3, 0.4) is 0 Å². The van der Waals surface area contributed by atoms with Gasteiger partial charge < -0.3 is 16.0 Å². The number of nitrogens with zero attached hydrogens (tertiary/aromatic N) is 2. The van der Waals surface area contributed by atoms with Gasteiger partial charge in [0.1, 0.15) is 5.82 Å². The zero-order valence-electron chi connectivity index (χ0n) is 14.1. The summed E-state index contributed by atoms with van der Waals surface area (Å²) in [5.74, 6) is -1.22. The molecule has 0 radical (unpaired) electrons. The number of halogens is 2. The summed E-state index contributed by atoms with van der Waals surface area (Å²) in [4.78, 5) is 4.49. The van der Waals surface area contributed by atoms with E-state index in [1.165, 1.54) is 24.2 Å². The highest BCUT2D eigenvalue weighted by Crippen LogP contribution is 2.40. The van der Waals surface area contributed by atoms with Crippen molar-refractivity contribution in [3.05, 3.63) is 47.6 Å². The van der Waals surface area contributed by atoms with Gasteiger partial charge in [0.2, 0.25) is 0 Å². The van der Waals surface area contributed by atoms with Crippen molar-refractivity contribution >= 4 is 28.6 Å². The van der Waals surface area contributed by atoms with E-state index in [9.17, 15) is 8.78 Å². The summed E-state index contributed by atoms with van der Waals surface area (Å²) in [6, 6.07) is 2.47. The Bertz CT molecular complexity index is 854.